The highest BCUT2D eigenvalue weighted by Gasteiger charge is 2.34. The Morgan fingerprint density at radius 1 is 1.52 bits per heavy atom. The van der Waals surface area contributed by atoms with Gasteiger partial charge in [-0.1, -0.05) is 12.1 Å². The van der Waals surface area contributed by atoms with Crippen molar-refractivity contribution >= 4 is 17.9 Å². The number of nitrogens with zero attached hydrogens (tertiary/aromatic N) is 2. The number of aliphatic hydroxyl groups excluding tert-OH is 1. The number of ether oxygens (including phenoxy) is 2. The van der Waals surface area contributed by atoms with Crippen molar-refractivity contribution in [3.05, 3.63) is 45.8 Å². The fraction of sp³-hybridized carbons (Fsp3) is 0.500. The minimum absolute atomic E-state index is 0.0596. The number of hydrogen-bond acceptors (Lipinski definition) is 6. The number of nitro benzene ring substituents is 1. The summed E-state index contributed by atoms with van der Waals surface area (Å²) in [6.07, 6.45) is 1.50. The van der Waals surface area contributed by atoms with Gasteiger partial charge >= 0.3 is 6.09 Å². The van der Waals surface area contributed by atoms with Gasteiger partial charge in [0.1, 0.15) is 11.4 Å². The minimum atomic E-state index is -0.728. The topological polar surface area (TPSA) is 102 Å². The lowest BCUT2D eigenvalue weighted by molar-refractivity contribution is -0.385. The van der Waals surface area contributed by atoms with Gasteiger partial charge in [0.05, 0.1) is 42.4 Å². The van der Waals surface area contributed by atoms with Crippen LogP contribution in [0.1, 0.15) is 26.3 Å². The third-order valence-corrected chi connectivity index (χ3v) is 3.86. The van der Waals surface area contributed by atoms with E-state index in [0.717, 1.165) is 6.07 Å². The third-order valence-electron chi connectivity index (χ3n) is 3.86. The summed E-state index contributed by atoms with van der Waals surface area (Å²) < 4.78 is 24.9. The van der Waals surface area contributed by atoms with Crippen LogP contribution >= 0.6 is 0 Å². The van der Waals surface area contributed by atoms with E-state index in [2.05, 4.69) is 0 Å². The lowest BCUT2D eigenvalue weighted by Gasteiger charge is -2.38. The molecule has 8 nitrogen and oxygen atoms in total. The highest BCUT2D eigenvalue weighted by molar-refractivity contribution is 5.69. The SMILES string of the molecule is CC(C)(C)OC(=O)N1C[C@@H](C=Cc2c(F)cccc2[N+](=O)[O-])OC[C@H]1CO. The van der Waals surface area contributed by atoms with Gasteiger partial charge in [-0.25, -0.2) is 9.18 Å². The molecule has 0 unspecified atom stereocenters. The van der Waals surface area contributed by atoms with Crippen LogP contribution in [-0.4, -0.2) is 58.5 Å². The first-order valence-electron chi connectivity index (χ1n) is 8.45. The highest BCUT2D eigenvalue weighted by Crippen LogP contribution is 2.24. The molecule has 9 heteroatoms. The van der Waals surface area contributed by atoms with Crippen molar-refractivity contribution in [2.45, 2.75) is 38.5 Å². The van der Waals surface area contributed by atoms with Crippen LogP contribution in [0.5, 0.6) is 0 Å². The molecular weight excluding hydrogens is 359 g/mol. The van der Waals surface area contributed by atoms with Crippen LogP contribution in [0.25, 0.3) is 6.08 Å². The maximum absolute atomic E-state index is 14.0. The van der Waals surface area contributed by atoms with E-state index in [1.165, 1.54) is 29.2 Å². The Morgan fingerprint density at radius 3 is 2.81 bits per heavy atom. The van der Waals surface area contributed by atoms with E-state index in [-0.39, 0.29) is 31.0 Å². The normalized spacial score (nSPS) is 20.7. The summed E-state index contributed by atoms with van der Waals surface area (Å²) in [6, 6.07) is 3.03. The standard InChI is InChI=1S/C18H23FN2O6/c1-18(2,3)27-17(23)20-9-13(26-11-12(20)10-22)7-8-14-15(19)5-4-6-16(14)21(24)25/h4-8,12-13,22H,9-11H2,1-3H3/t12-,13-/m1/s1. The zero-order valence-corrected chi connectivity index (χ0v) is 15.4. The molecule has 0 aromatic heterocycles. The second-order valence-corrected chi connectivity index (χ2v) is 7.13. The number of benzene rings is 1. The lowest BCUT2D eigenvalue weighted by atomic mass is 10.1. The Balaban J connectivity index is 2.18. The van der Waals surface area contributed by atoms with Gasteiger partial charge in [0.15, 0.2) is 0 Å². The van der Waals surface area contributed by atoms with Crippen LogP contribution in [0.4, 0.5) is 14.9 Å². The summed E-state index contributed by atoms with van der Waals surface area (Å²) in [7, 11) is 0. The maximum atomic E-state index is 14.0. The lowest BCUT2D eigenvalue weighted by Crippen LogP contribution is -2.54. The first kappa shape index (κ1) is 20.8. The van der Waals surface area contributed by atoms with E-state index in [0.29, 0.717) is 0 Å². The molecule has 148 valence electrons. The number of hydrogen-bond donors (Lipinski definition) is 1. The molecular formula is C18H23FN2O6. The maximum Gasteiger partial charge on any atom is 0.410 e. The quantitative estimate of drug-likeness (QED) is 0.635. The number of amides is 1. The molecule has 1 heterocycles. The van der Waals surface area contributed by atoms with E-state index in [1.54, 1.807) is 20.8 Å². The molecule has 1 aliphatic heterocycles. The molecule has 0 spiro atoms. The Labute approximate surface area is 156 Å². The van der Waals surface area contributed by atoms with Gasteiger partial charge in [0, 0.05) is 6.07 Å². The summed E-state index contributed by atoms with van der Waals surface area (Å²) in [5.41, 5.74) is -1.23. The van der Waals surface area contributed by atoms with Crippen LogP contribution in [0, 0.1) is 15.9 Å². The number of aliphatic hydroxyl groups is 1. The van der Waals surface area contributed by atoms with Gasteiger partial charge < -0.3 is 14.6 Å². The zero-order chi connectivity index (χ0) is 20.2. The number of nitro groups is 1. The Kier molecular flexibility index (Phi) is 6.50. The number of halogens is 1. The van der Waals surface area contributed by atoms with Gasteiger partial charge in [-0.3, -0.25) is 15.0 Å². The fourth-order valence-electron chi connectivity index (χ4n) is 2.59. The molecule has 0 aliphatic carbocycles. The average molecular weight is 382 g/mol. The first-order chi connectivity index (χ1) is 12.6. The van der Waals surface area contributed by atoms with Crippen LogP contribution in [0.2, 0.25) is 0 Å². The van der Waals surface area contributed by atoms with Gasteiger partial charge in [-0.05, 0) is 32.9 Å². The van der Waals surface area contributed by atoms with Crippen LogP contribution in [-0.2, 0) is 9.47 Å². The number of morpholine rings is 1. The first-order valence-corrected chi connectivity index (χ1v) is 8.45. The summed E-state index contributed by atoms with van der Waals surface area (Å²) in [4.78, 5) is 24.1. The summed E-state index contributed by atoms with van der Waals surface area (Å²) >= 11 is 0. The van der Waals surface area contributed by atoms with Crippen molar-refractivity contribution in [2.24, 2.45) is 0 Å². The van der Waals surface area contributed by atoms with Crippen molar-refractivity contribution < 1.29 is 28.7 Å². The number of carbonyl (C=O) groups is 1. The monoisotopic (exact) mass is 382 g/mol. The zero-order valence-electron chi connectivity index (χ0n) is 15.4. The second-order valence-electron chi connectivity index (χ2n) is 7.13. The van der Waals surface area contributed by atoms with Gasteiger partial charge in [0.25, 0.3) is 5.69 Å². The van der Waals surface area contributed by atoms with Crippen LogP contribution in [0.15, 0.2) is 24.3 Å². The average Bonchev–Trinajstić information content (AvgIpc) is 2.58. The number of rotatable bonds is 4. The van der Waals surface area contributed by atoms with E-state index in [1.807, 2.05) is 0 Å². The molecule has 1 saturated heterocycles. The van der Waals surface area contributed by atoms with Crippen molar-refractivity contribution in [3.63, 3.8) is 0 Å². The summed E-state index contributed by atoms with van der Waals surface area (Å²) in [5, 5.41) is 20.5. The Morgan fingerprint density at radius 2 is 2.22 bits per heavy atom. The van der Waals surface area contributed by atoms with Crippen LogP contribution < -0.4 is 0 Å². The molecule has 2 rings (SSSR count). The van der Waals surface area contributed by atoms with Crippen molar-refractivity contribution in [1.82, 2.24) is 4.90 Å². The Bertz CT molecular complexity index is 731. The molecule has 1 aromatic carbocycles. The van der Waals surface area contributed by atoms with E-state index in [9.17, 15) is 24.4 Å². The predicted molar refractivity (Wildman–Crippen MR) is 95.6 cm³/mol. The highest BCUT2D eigenvalue weighted by atomic mass is 19.1. The molecule has 0 radical (unpaired) electrons. The van der Waals surface area contributed by atoms with Gasteiger partial charge in [-0.2, -0.15) is 0 Å². The molecule has 1 N–H and O–H groups in total. The molecule has 0 saturated carbocycles. The molecule has 1 amide bonds. The molecule has 1 aromatic rings. The van der Waals surface area contributed by atoms with E-state index >= 15 is 0 Å². The van der Waals surface area contributed by atoms with Crippen molar-refractivity contribution in [1.29, 1.82) is 0 Å². The minimum Gasteiger partial charge on any atom is -0.444 e. The smallest absolute Gasteiger partial charge is 0.410 e. The fourth-order valence-corrected chi connectivity index (χ4v) is 2.59. The molecule has 1 aliphatic rings. The third kappa shape index (κ3) is 5.48. The van der Waals surface area contributed by atoms with Crippen molar-refractivity contribution in [2.75, 3.05) is 19.8 Å². The van der Waals surface area contributed by atoms with E-state index in [4.69, 9.17) is 9.47 Å². The summed E-state index contributed by atoms with van der Waals surface area (Å²) in [6.45, 7) is 5.02. The van der Waals surface area contributed by atoms with Crippen molar-refractivity contribution in [3.8, 4) is 0 Å². The van der Waals surface area contributed by atoms with Gasteiger partial charge in [-0.15, -0.1) is 0 Å². The van der Waals surface area contributed by atoms with E-state index < -0.39 is 34.6 Å². The molecule has 2 atom stereocenters. The molecule has 0 bridgehead atoms. The van der Waals surface area contributed by atoms with Gasteiger partial charge in [0.2, 0.25) is 0 Å². The second kappa shape index (κ2) is 8.45. The largest absolute Gasteiger partial charge is 0.444 e. The summed E-state index contributed by atoms with van der Waals surface area (Å²) in [5.74, 6) is -0.728. The van der Waals surface area contributed by atoms with Crippen LogP contribution in [0.3, 0.4) is 0 Å². The molecule has 1 fully saturated rings. The molecule has 27 heavy (non-hydrogen) atoms. The Hall–Kier alpha value is -2.52. The number of carbonyl (C=O) groups excluding carboxylic acids is 1. The predicted octanol–water partition coefficient (Wildman–Crippen LogP) is 2.74.